The van der Waals surface area contributed by atoms with Crippen molar-refractivity contribution >= 4 is 23.5 Å². The highest BCUT2D eigenvalue weighted by Gasteiger charge is 2.19. The molecule has 0 bridgehead atoms. The zero-order chi connectivity index (χ0) is 14.7. The third-order valence-corrected chi connectivity index (χ3v) is 3.13. The highest BCUT2D eigenvalue weighted by Crippen LogP contribution is 2.23. The van der Waals surface area contributed by atoms with Gasteiger partial charge in [-0.3, -0.25) is 14.4 Å². The maximum Gasteiger partial charge on any atom is 0.303 e. The molecule has 20 heavy (non-hydrogen) atoms. The lowest BCUT2D eigenvalue weighted by Crippen LogP contribution is -2.29. The zero-order valence-electron chi connectivity index (χ0n) is 11.1. The zero-order valence-corrected chi connectivity index (χ0v) is 11.1. The number of anilines is 1. The van der Waals surface area contributed by atoms with E-state index in [1.54, 1.807) is 25.1 Å². The number of rotatable bonds is 5. The number of carbonyl (C=O) groups excluding carboxylic acids is 2. The Bertz CT molecular complexity index is 568. The lowest BCUT2D eigenvalue weighted by Gasteiger charge is -2.11. The number of hydrogen-bond acceptors (Lipinski definition) is 3. The van der Waals surface area contributed by atoms with Crippen molar-refractivity contribution in [1.29, 1.82) is 0 Å². The van der Waals surface area contributed by atoms with Gasteiger partial charge < -0.3 is 15.7 Å². The Morgan fingerprint density at radius 3 is 2.90 bits per heavy atom. The standard InChI is InChI=1S/C14H16N2O4/c1-8(4-13(18)19)7-15-14(20)9-2-3-11-10(5-9)6-12(17)16-11/h2-3,5,8H,4,6-7H2,1H3,(H,15,20)(H,16,17)(H,18,19). The minimum atomic E-state index is -0.881. The molecule has 0 radical (unpaired) electrons. The minimum absolute atomic E-state index is 0.0168. The van der Waals surface area contributed by atoms with Gasteiger partial charge in [-0.1, -0.05) is 6.92 Å². The van der Waals surface area contributed by atoms with Gasteiger partial charge in [0, 0.05) is 24.2 Å². The van der Waals surface area contributed by atoms with E-state index in [1.165, 1.54) is 0 Å². The predicted octanol–water partition coefficient (Wildman–Crippen LogP) is 1.02. The van der Waals surface area contributed by atoms with Gasteiger partial charge in [0.15, 0.2) is 0 Å². The maximum absolute atomic E-state index is 12.0. The van der Waals surface area contributed by atoms with Crippen molar-refractivity contribution in [2.24, 2.45) is 5.92 Å². The van der Waals surface area contributed by atoms with Crippen molar-refractivity contribution in [1.82, 2.24) is 5.32 Å². The van der Waals surface area contributed by atoms with Crippen LogP contribution in [0.15, 0.2) is 18.2 Å². The average molecular weight is 276 g/mol. The number of carbonyl (C=O) groups is 3. The number of carboxylic acids is 1. The summed E-state index contributed by atoms with van der Waals surface area (Å²) in [7, 11) is 0. The van der Waals surface area contributed by atoms with Gasteiger partial charge in [0.1, 0.15) is 0 Å². The van der Waals surface area contributed by atoms with Gasteiger partial charge in [-0.2, -0.15) is 0 Å². The van der Waals surface area contributed by atoms with Crippen LogP contribution in [-0.2, 0) is 16.0 Å². The summed E-state index contributed by atoms with van der Waals surface area (Å²) in [6.07, 6.45) is 0.300. The molecule has 1 aliphatic rings. The molecular formula is C14H16N2O4. The van der Waals surface area contributed by atoms with E-state index in [0.29, 0.717) is 12.1 Å². The van der Waals surface area contributed by atoms with Gasteiger partial charge >= 0.3 is 5.97 Å². The first-order valence-electron chi connectivity index (χ1n) is 6.38. The summed E-state index contributed by atoms with van der Waals surface area (Å²) in [5, 5.41) is 14.0. The van der Waals surface area contributed by atoms with Crippen LogP contribution >= 0.6 is 0 Å². The van der Waals surface area contributed by atoms with E-state index in [0.717, 1.165) is 11.3 Å². The Kier molecular flexibility index (Phi) is 4.02. The number of aliphatic carboxylic acids is 1. The van der Waals surface area contributed by atoms with Gasteiger partial charge in [-0.15, -0.1) is 0 Å². The van der Waals surface area contributed by atoms with Crippen LogP contribution in [0.2, 0.25) is 0 Å². The Hall–Kier alpha value is -2.37. The molecule has 1 unspecified atom stereocenters. The van der Waals surface area contributed by atoms with E-state index >= 15 is 0 Å². The normalized spacial score (nSPS) is 14.3. The molecule has 2 amide bonds. The summed E-state index contributed by atoms with van der Waals surface area (Å²) in [6, 6.07) is 5.03. The SMILES string of the molecule is CC(CNC(=O)c1ccc2c(c1)CC(=O)N2)CC(=O)O. The Morgan fingerprint density at radius 1 is 1.45 bits per heavy atom. The van der Waals surface area contributed by atoms with Crippen molar-refractivity contribution in [3.05, 3.63) is 29.3 Å². The average Bonchev–Trinajstić information content (AvgIpc) is 2.74. The molecule has 1 aromatic rings. The van der Waals surface area contributed by atoms with Gasteiger partial charge in [0.2, 0.25) is 5.91 Å². The second kappa shape index (κ2) is 5.73. The molecular weight excluding hydrogens is 260 g/mol. The van der Waals surface area contributed by atoms with Crippen LogP contribution in [0.3, 0.4) is 0 Å². The van der Waals surface area contributed by atoms with Crippen molar-refractivity contribution in [3.63, 3.8) is 0 Å². The molecule has 0 fully saturated rings. The van der Waals surface area contributed by atoms with Gasteiger partial charge in [0.25, 0.3) is 5.91 Å². The van der Waals surface area contributed by atoms with E-state index in [2.05, 4.69) is 10.6 Å². The molecule has 1 heterocycles. The van der Waals surface area contributed by atoms with Crippen LogP contribution in [0.5, 0.6) is 0 Å². The first-order valence-corrected chi connectivity index (χ1v) is 6.38. The summed E-state index contributed by atoms with van der Waals surface area (Å²) in [4.78, 5) is 33.7. The summed E-state index contributed by atoms with van der Waals surface area (Å²) in [5.41, 5.74) is 2.02. The number of fused-ring (bicyclic) bond motifs is 1. The van der Waals surface area contributed by atoms with E-state index in [-0.39, 0.29) is 30.6 Å². The van der Waals surface area contributed by atoms with Crippen LogP contribution in [0.4, 0.5) is 5.69 Å². The molecule has 0 spiro atoms. The fourth-order valence-corrected chi connectivity index (χ4v) is 2.11. The molecule has 0 aromatic heterocycles. The van der Waals surface area contributed by atoms with Crippen molar-refractivity contribution in [2.45, 2.75) is 19.8 Å². The molecule has 1 aliphatic heterocycles. The second-order valence-corrected chi connectivity index (χ2v) is 5.01. The van der Waals surface area contributed by atoms with Crippen LogP contribution in [0, 0.1) is 5.92 Å². The summed E-state index contributed by atoms with van der Waals surface area (Å²) >= 11 is 0. The fraction of sp³-hybridized carbons (Fsp3) is 0.357. The fourth-order valence-electron chi connectivity index (χ4n) is 2.11. The topological polar surface area (TPSA) is 95.5 Å². The number of hydrogen-bond donors (Lipinski definition) is 3. The largest absolute Gasteiger partial charge is 0.481 e. The smallest absolute Gasteiger partial charge is 0.303 e. The minimum Gasteiger partial charge on any atom is -0.481 e. The lowest BCUT2D eigenvalue weighted by atomic mass is 10.1. The molecule has 106 valence electrons. The Morgan fingerprint density at radius 2 is 2.20 bits per heavy atom. The molecule has 6 nitrogen and oxygen atoms in total. The Labute approximate surface area is 116 Å². The number of carboxylic acid groups (broad SMARTS) is 1. The van der Waals surface area contributed by atoms with E-state index in [9.17, 15) is 14.4 Å². The number of benzene rings is 1. The third kappa shape index (κ3) is 3.34. The monoisotopic (exact) mass is 276 g/mol. The number of amides is 2. The van der Waals surface area contributed by atoms with Crippen LogP contribution < -0.4 is 10.6 Å². The number of nitrogens with one attached hydrogen (secondary N) is 2. The van der Waals surface area contributed by atoms with E-state index in [1.807, 2.05) is 0 Å². The molecule has 0 saturated heterocycles. The second-order valence-electron chi connectivity index (χ2n) is 5.01. The van der Waals surface area contributed by atoms with E-state index < -0.39 is 5.97 Å². The highest BCUT2D eigenvalue weighted by atomic mass is 16.4. The molecule has 2 rings (SSSR count). The molecule has 1 atom stereocenters. The lowest BCUT2D eigenvalue weighted by molar-refractivity contribution is -0.137. The van der Waals surface area contributed by atoms with Gasteiger partial charge in [-0.25, -0.2) is 0 Å². The predicted molar refractivity (Wildman–Crippen MR) is 72.5 cm³/mol. The molecule has 0 saturated carbocycles. The molecule has 3 N–H and O–H groups in total. The molecule has 1 aromatic carbocycles. The first-order chi connectivity index (χ1) is 9.45. The quantitative estimate of drug-likeness (QED) is 0.748. The molecule has 6 heteroatoms. The van der Waals surface area contributed by atoms with Crippen molar-refractivity contribution < 1.29 is 19.5 Å². The highest BCUT2D eigenvalue weighted by molar-refractivity contribution is 6.01. The summed E-state index contributed by atoms with van der Waals surface area (Å²) in [5.74, 6) is -1.35. The van der Waals surface area contributed by atoms with Crippen molar-refractivity contribution in [2.75, 3.05) is 11.9 Å². The van der Waals surface area contributed by atoms with Crippen LogP contribution in [0.25, 0.3) is 0 Å². The molecule has 0 aliphatic carbocycles. The Balaban J connectivity index is 1.95. The van der Waals surface area contributed by atoms with Gasteiger partial charge in [-0.05, 0) is 29.7 Å². The maximum atomic E-state index is 12.0. The van der Waals surface area contributed by atoms with Gasteiger partial charge in [0.05, 0.1) is 6.42 Å². The van der Waals surface area contributed by atoms with E-state index in [4.69, 9.17) is 5.11 Å². The third-order valence-electron chi connectivity index (χ3n) is 3.13. The summed E-state index contributed by atoms with van der Waals surface area (Å²) in [6.45, 7) is 2.07. The summed E-state index contributed by atoms with van der Waals surface area (Å²) < 4.78 is 0. The van der Waals surface area contributed by atoms with Crippen LogP contribution in [-0.4, -0.2) is 29.4 Å². The van der Waals surface area contributed by atoms with Crippen molar-refractivity contribution in [3.8, 4) is 0 Å². The van der Waals surface area contributed by atoms with Crippen LogP contribution in [0.1, 0.15) is 29.3 Å². The first kappa shape index (κ1) is 14.0.